The Bertz CT molecular complexity index is 384. The topological polar surface area (TPSA) is 74.2 Å². The predicted molar refractivity (Wildman–Crippen MR) is 72.6 cm³/mol. The zero-order valence-corrected chi connectivity index (χ0v) is 12.0. The fourth-order valence-corrected chi connectivity index (χ4v) is 2.76. The number of nitrogens with two attached hydrogens (primary N) is 1. The second kappa shape index (κ2) is 6.48. The van der Waals surface area contributed by atoms with Crippen LogP contribution < -0.4 is 5.73 Å². The lowest BCUT2D eigenvalue weighted by molar-refractivity contribution is 0.135. The van der Waals surface area contributed by atoms with Crippen molar-refractivity contribution in [3.05, 3.63) is 11.7 Å². The zero-order valence-electron chi connectivity index (χ0n) is 12.0. The van der Waals surface area contributed by atoms with Gasteiger partial charge in [0.05, 0.1) is 6.61 Å². The molecule has 0 aliphatic heterocycles. The molecule has 0 saturated heterocycles. The van der Waals surface area contributed by atoms with Crippen LogP contribution in [0, 0.1) is 5.92 Å². The molecule has 1 aliphatic rings. The van der Waals surface area contributed by atoms with Gasteiger partial charge in [-0.2, -0.15) is 4.98 Å². The maximum Gasteiger partial charge on any atom is 0.226 e. The molecule has 5 nitrogen and oxygen atoms in total. The Balaban J connectivity index is 1.86. The Hall–Kier alpha value is -0.940. The van der Waals surface area contributed by atoms with E-state index in [4.69, 9.17) is 15.0 Å². The number of aromatic nitrogens is 2. The summed E-state index contributed by atoms with van der Waals surface area (Å²) < 4.78 is 10.4. The summed E-state index contributed by atoms with van der Waals surface area (Å²) in [6.45, 7) is 2.24. The van der Waals surface area contributed by atoms with E-state index >= 15 is 0 Å². The lowest BCUT2D eigenvalue weighted by atomic mass is 9.86. The fraction of sp³-hybridized carbons (Fsp3) is 0.857. The van der Waals surface area contributed by atoms with E-state index in [0.717, 1.165) is 18.8 Å². The molecule has 1 saturated carbocycles. The first-order valence-electron chi connectivity index (χ1n) is 7.22. The molecule has 2 rings (SSSR count). The van der Waals surface area contributed by atoms with Crippen LogP contribution in [-0.2, 0) is 16.7 Å². The molecule has 1 atom stereocenters. The van der Waals surface area contributed by atoms with Crippen LogP contribution in [0.2, 0.25) is 0 Å². The highest BCUT2D eigenvalue weighted by Crippen LogP contribution is 2.27. The molecule has 1 aromatic heterocycles. The zero-order chi connectivity index (χ0) is 13.7. The highest BCUT2D eigenvalue weighted by atomic mass is 16.5. The minimum Gasteiger partial charge on any atom is -0.382 e. The van der Waals surface area contributed by atoms with E-state index in [1.165, 1.54) is 32.1 Å². The highest BCUT2D eigenvalue weighted by Gasteiger charge is 2.27. The molecule has 0 spiro atoms. The molecule has 0 aromatic carbocycles. The van der Waals surface area contributed by atoms with E-state index in [-0.39, 0.29) is 0 Å². The van der Waals surface area contributed by atoms with Gasteiger partial charge in [0.2, 0.25) is 5.89 Å². The molecule has 1 fully saturated rings. The van der Waals surface area contributed by atoms with Gasteiger partial charge in [-0.3, -0.25) is 0 Å². The third-order valence-electron chi connectivity index (χ3n) is 3.91. The van der Waals surface area contributed by atoms with Gasteiger partial charge in [-0.05, 0) is 19.3 Å². The van der Waals surface area contributed by atoms with Gasteiger partial charge in [-0.1, -0.05) is 37.3 Å². The van der Waals surface area contributed by atoms with E-state index in [0.29, 0.717) is 18.3 Å². The van der Waals surface area contributed by atoms with Crippen molar-refractivity contribution in [2.75, 3.05) is 13.7 Å². The number of nitrogens with zero attached hydrogens (tertiary/aromatic N) is 2. The number of methoxy groups -OCH3 is 1. The van der Waals surface area contributed by atoms with Crippen LogP contribution >= 0.6 is 0 Å². The minimum absolute atomic E-state index is 0.384. The molecule has 5 heteroatoms. The lowest BCUT2D eigenvalue weighted by Crippen LogP contribution is -2.39. The van der Waals surface area contributed by atoms with Gasteiger partial charge in [0, 0.05) is 13.5 Å². The van der Waals surface area contributed by atoms with Crippen molar-refractivity contribution in [1.29, 1.82) is 0 Å². The second-order valence-corrected chi connectivity index (χ2v) is 5.90. The Morgan fingerprint density at radius 3 is 2.79 bits per heavy atom. The van der Waals surface area contributed by atoms with Crippen molar-refractivity contribution in [2.45, 2.75) is 57.4 Å². The molecule has 1 unspecified atom stereocenters. The van der Waals surface area contributed by atoms with Crippen LogP contribution in [0.3, 0.4) is 0 Å². The highest BCUT2D eigenvalue weighted by molar-refractivity contribution is 5.01. The van der Waals surface area contributed by atoms with Gasteiger partial charge in [-0.25, -0.2) is 0 Å². The number of hydrogen-bond acceptors (Lipinski definition) is 5. The summed E-state index contributed by atoms with van der Waals surface area (Å²) in [5.74, 6) is 2.06. The normalized spacial score (nSPS) is 20.4. The van der Waals surface area contributed by atoms with Crippen LogP contribution in [0.4, 0.5) is 0 Å². The fourth-order valence-electron chi connectivity index (χ4n) is 2.76. The number of aryl methyl sites for hydroxylation is 1. The van der Waals surface area contributed by atoms with Gasteiger partial charge in [0.25, 0.3) is 0 Å². The van der Waals surface area contributed by atoms with Crippen LogP contribution in [0.25, 0.3) is 0 Å². The molecule has 2 N–H and O–H groups in total. The summed E-state index contributed by atoms with van der Waals surface area (Å²) >= 11 is 0. The molecule has 0 amide bonds. The van der Waals surface area contributed by atoms with E-state index in [9.17, 15) is 0 Å². The predicted octanol–water partition coefficient (Wildman–Crippen LogP) is 2.40. The number of rotatable bonds is 6. The second-order valence-electron chi connectivity index (χ2n) is 5.90. The average molecular weight is 267 g/mol. The first-order valence-corrected chi connectivity index (χ1v) is 7.22. The third kappa shape index (κ3) is 4.01. The molecule has 0 bridgehead atoms. The molecular weight excluding hydrogens is 242 g/mol. The monoisotopic (exact) mass is 267 g/mol. The summed E-state index contributed by atoms with van der Waals surface area (Å²) in [6.07, 6.45) is 8.83. The van der Waals surface area contributed by atoms with E-state index in [2.05, 4.69) is 10.1 Å². The molecule has 0 radical (unpaired) electrons. The standard InChI is InChI=1S/C14H25N3O2/c1-14(15,10-18-2)13-16-12(19-17-13)9-8-11-6-4-3-5-7-11/h11H,3-10,15H2,1-2H3. The number of hydrogen-bond donors (Lipinski definition) is 1. The van der Waals surface area contributed by atoms with Crippen molar-refractivity contribution in [3.8, 4) is 0 Å². The third-order valence-corrected chi connectivity index (χ3v) is 3.91. The molecule has 19 heavy (non-hydrogen) atoms. The van der Waals surface area contributed by atoms with Gasteiger partial charge in [0.1, 0.15) is 5.54 Å². The van der Waals surface area contributed by atoms with Gasteiger partial charge in [0.15, 0.2) is 5.82 Å². The van der Waals surface area contributed by atoms with Gasteiger partial charge >= 0.3 is 0 Å². The summed E-state index contributed by atoms with van der Waals surface area (Å²) in [5.41, 5.74) is 5.41. The minimum atomic E-state index is -0.679. The lowest BCUT2D eigenvalue weighted by Gasteiger charge is -2.20. The summed E-state index contributed by atoms with van der Waals surface area (Å²) in [6, 6.07) is 0. The first kappa shape index (κ1) is 14.5. The van der Waals surface area contributed by atoms with Gasteiger partial charge < -0.3 is 15.0 Å². The van der Waals surface area contributed by atoms with Crippen molar-refractivity contribution in [1.82, 2.24) is 10.1 Å². The molecular formula is C14H25N3O2. The van der Waals surface area contributed by atoms with Crippen molar-refractivity contribution < 1.29 is 9.26 Å². The Morgan fingerprint density at radius 2 is 2.11 bits per heavy atom. The maximum atomic E-state index is 6.09. The Kier molecular flexibility index (Phi) is 4.93. The molecule has 108 valence electrons. The van der Waals surface area contributed by atoms with Crippen molar-refractivity contribution in [3.63, 3.8) is 0 Å². The van der Waals surface area contributed by atoms with Crippen LogP contribution in [0.5, 0.6) is 0 Å². The molecule has 1 heterocycles. The molecule has 1 aromatic rings. The van der Waals surface area contributed by atoms with Crippen LogP contribution in [0.15, 0.2) is 4.52 Å². The summed E-state index contributed by atoms with van der Waals surface area (Å²) in [7, 11) is 1.62. The first-order chi connectivity index (χ1) is 9.12. The van der Waals surface area contributed by atoms with Crippen LogP contribution in [-0.4, -0.2) is 23.9 Å². The maximum absolute atomic E-state index is 6.09. The van der Waals surface area contributed by atoms with E-state index in [1.807, 2.05) is 6.92 Å². The summed E-state index contributed by atoms with van der Waals surface area (Å²) in [5, 5.41) is 3.98. The SMILES string of the molecule is COCC(C)(N)c1noc(CCC2CCCCC2)n1. The van der Waals surface area contributed by atoms with E-state index in [1.54, 1.807) is 7.11 Å². The van der Waals surface area contributed by atoms with Gasteiger partial charge in [-0.15, -0.1) is 0 Å². The number of ether oxygens (including phenoxy) is 1. The average Bonchev–Trinajstić information content (AvgIpc) is 2.87. The van der Waals surface area contributed by atoms with Crippen molar-refractivity contribution >= 4 is 0 Å². The quantitative estimate of drug-likeness (QED) is 0.856. The van der Waals surface area contributed by atoms with Crippen LogP contribution in [0.1, 0.15) is 57.2 Å². The Labute approximate surface area is 114 Å². The molecule has 1 aliphatic carbocycles. The van der Waals surface area contributed by atoms with Crippen molar-refractivity contribution in [2.24, 2.45) is 11.7 Å². The Morgan fingerprint density at radius 1 is 1.37 bits per heavy atom. The van der Waals surface area contributed by atoms with E-state index < -0.39 is 5.54 Å². The largest absolute Gasteiger partial charge is 0.382 e. The smallest absolute Gasteiger partial charge is 0.226 e. The summed E-state index contributed by atoms with van der Waals surface area (Å²) in [4.78, 5) is 4.40.